The molecule has 0 aliphatic heterocycles. The van der Waals surface area contributed by atoms with Crippen molar-refractivity contribution in [1.82, 2.24) is 14.1 Å². The number of nitrogens with zero attached hydrogens (tertiary/aromatic N) is 4. The summed E-state index contributed by atoms with van der Waals surface area (Å²) < 4.78 is 3.77. The van der Waals surface area contributed by atoms with E-state index >= 15 is 0 Å². The Balaban J connectivity index is 1.87. The van der Waals surface area contributed by atoms with E-state index in [-0.39, 0.29) is 11.3 Å². The minimum atomic E-state index is -1.18. The Labute approximate surface area is 252 Å². The summed E-state index contributed by atoms with van der Waals surface area (Å²) >= 11 is 0. The Morgan fingerprint density at radius 1 is 1.12 bits per heavy atom. The second kappa shape index (κ2) is 12.4. The van der Waals surface area contributed by atoms with Crippen LogP contribution in [-0.2, 0) is 19.1 Å². The molecule has 5 aromatic rings. The zero-order valence-electron chi connectivity index (χ0n) is 24.9. The lowest BCUT2D eigenvalue weighted by atomic mass is 9.82. The first kappa shape index (κ1) is 29.3. The van der Waals surface area contributed by atoms with E-state index in [4.69, 9.17) is 10.7 Å². The van der Waals surface area contributed by atoms with Crippen molar-refractivity contribution in [2.24, 2.45) is 17.8 Å². The average Bonchev–Trinajstić information content (AvgIpc) is 3.43. The van der Waals surface area contributed by atoms with Crippen molar-refractivity contribution in [1.29, 1.82) is 0 Å². The van der Waals surface area contributed by atoms with Crippen LogP contribution in [0.5, 0.6) is 5.75 Å². The van der Waals surface area contributed by atoms with Gasteiger partial charge in [0, 0.05) is 37.0 Å². The van der Waals surface area contributed by atoms with Crippen LogP contribution in [0.2, 0.25) is 0 Å². The third kappa shape index (κ3) is 5.66. The fourth-order valence-electron chi connectivity index (χ4n) is 5.57. The molecule has 43 heavy (non-hydrogen) atoms. The van der Waals surface area contributed by atoms with Gasteiger partial charge in [0.25, 0.3) is 5.56 Å². The van der Waals surface area contributed by atoms with Crippen molar-refractivity contribution in [3.63, 3.8) is 0 Å². The van der Waals surface area contributed by atoms with Gasteiger partial charge in [-0.3, -0.25) is 9.79 Å². The van der Waals surface area contributed by atoms with Gasteiger partial charge in [0.1, 0.15) is 5.75 Å². The highest BCUT2D eigenvalue weighted by Gasteiger charge is 2.39. The molecule has 3 aromatic carbocycles. The van der Waals surface area contributed by atoms with Crippen LogP contribution in [0.25, 0.3) is 22.0 Å². The summed E-state index contributed by atoms with van der Waals surface area (Å²) in [5.74, 6) is 0.174. The first-order valence-corrected chi connectivity index (χ1v) is 14.4. The number of benzene rings is 3. The molecule has 0 fully saturated rings. The van der Waals surface area contributed by atoms with E-state index in [1.165, 1.54) is 0 Å². The Morgan fingerprint density at radius 2 is 1.91 bits per heavy atom. The normalized spacial score (nSPS) is 13.4. The van der Waals surface area contributed by atoms with Gasteiger partial charge in [-0.15, -0.1) is 0 Å². The van der Waals surface area contributed by atoms with Gasteiger partial charge in [-0.1, -0.05) is 61.9 Å². The van der Waals surface area contributed by atoms with Gasteiger partial charge in [0.05, 0.1) is 23.7 Å². The van der Waals surface area contributed by atoms with E-state index in [9.17, 15) is 9.90 Å². The Morgan fingerprint density at radius 3 is 2.58 bits per heavy atom. The van der Waals surface area contributed by atoms with E-state index < -0.39 is 5.54 Å². The number of pyridine rings is 1. The number of aromatic hydroxyl groups is 1. The number of allylic oxidation sites excluding steroid dienone is 2. The van der Waals surface area contributed by atoms with Crippen molar-refractivity contribution in [3.05, 3.63) is 142 Å². The minimum absolute atomic E-state index is 0.0282. The maximum Gasteiger partial charge on any atom is 0.251 e. The van der Waals surface area contributed by atoms with Crippen LogP contribution in [0.15, 0.2) is 120 Å². The number of aliphatic imine (C=N–C) groups is 1. The summed E-state index contributed by atoms with van der Waals surface area (Å²) in [4.78, 5) is 23.1. The van der Waals surface area contributed by atoms with Gasteiger partial charge in [0.2, 0.25) is 0 Å². The molecule has 0 aliphatic carbocycles. The molecule has 0 saturated heterocycles. The van der Waals surface area contributed by atoms with Crippen LogP contribution >= 0.6 is 0 Å². The number of hydrogen-bond donors (Lipinski definition) is 2. The van der Waals surface area contributed by atoms with Crippen molar-refractivity contribution >= 4 is 17.1 Å². The van der Waals surface area contributed by atoms with E-state index in [2.05, 4.69) is 30.6 Å². The predicted octanol–water partition coefficient (Wildman–Crippen LogP) is 6.61. The molecule has 2 heterocycles. The van der Waals surface area contributed by atoms with Gasteiger partial charge in [-0.25, -0.2) is 4.98 Å². The maximum absolute atomic E-state index is 13.5. The molecule has 0 bridgehead atoms. The monoisotopic (exact) mass is 571 g/mol. The summed E-state index contributed by atoms with van der Waals surface area (Å²) in [6.45, 7) is 8.70. The highest BCUT2D eigenvalue weighted by molar-refractivity contribution is 5.95. The zero-order valence-corrected chi connectivity index (χ0v) is 24.9. The number of fused-ring (bicyclic) bond motifs is 1. The lowest BCUT2D eigenvalue weighted by Gasteiger charge is -2.32. The molecule has 2 aromatic heterocycles. The quantitative estimate of drug-likeness (QED) is 0.146. The van der Waals surface area contributed by atoms with Crippen LogP contribution in [-0.4, -0.2) is 25.4 Å². The molecule has 0 spiro atoms. The number of aromatic nitrogens is 3. The number of unbranched alkanes of at least 4 members (excludes halogenated alkanes) is 1. The standard InChI is InChI=1S/C36H37N5O2/c1-5-7-18-41-32-17-14-28(20-31(32)30(21-35(41)43)27-11-8-10-25(3)19-27)36(33(37)9-6-2,34-23-38-24-40(34)4)39-22-26-12-15-29(42)16-13-26/h6,8-17,19-24,42H,2,5,7,18,37H2,1,3-4H3/b33-9-,39-22?. The molecule has 1 atom stereocenters. The molecule has 0 amide bonds. The largest absolute Gasteiger partial charge is 0.508 e. The van der Waals surface area contributed by atoms with Crippen LogP contribution in [0.1, 0.15) is 42.1 Å². The summed E-state index contributed by atoms with van der Waals surface area (Å²) in [6, 6.07) is 22.9. The van der Waals surface area contributed by atoms with E-state index in [1.807, 2.05) is 53.4 Å². The third-order valence-corrected chi connectivity index (χ3v) is 7.80. The van der Waals surface area contributed by atoms with Crippen molar-refractivity contribution < 1.29 is 5.11 Å². The summed E-state index contributed by atoms with van der Waals surface area (Å²) in [6.07, 6.45) is 10.5. The molecule has 7 heteroatoms. The fourth-order valence-corrected chi connectivity index (χ4v) is 5.57. The molecule has 0 saturated carbocycles. The third-order valence-electron chi connectivity index (χ3n) is 7.80. The minimum Gasteiger partial charge on any atom is -0.508 e. The Kier molecular flexibility index (Phi) is 8.44. The number of phenols is 1. The van der Waals surface area contributed by atoms with Crippen molar-refractivity contribution in [2.45, 2.75) is 38.8 Å². The second-order valence-corrected chi connectivity index (χ2v) is 10.8. The Bertz CT molecular complexity index is 1900. The SMILES string of the molecule is C=C/C=C(\N)C(N=Cc1ccc(O)cc1)(c1ccc2c(c1)c(-c1cccc(C)c1)cc(=O)n2CCCC)c1cncn1C. The number of nitrogens with two attached hydrogens (primary N) is 1. The fraction of sp³-hybridized carbons (Fsp3) is 0.194. The maximum atomic E-state index is 13.5. The van der Waals surface area contributed by atoms with Gasteiger partial charge in [-0.2, -0.15) is 0 Å². The van der Waals surface area contributed by atoms with Crippen LogP contribution in [0, 0.1) is 6.92 Å². The Hall–Kier alpha value is -5.17. The molecule has 5 rings (SSSR count). The highest BCUT2D eigenvalue weighted by Crippen LogP contribution is 2.41. The first-order valence-electron chi connectivity index (χ1n) is 14.4. The number of phenolic OH excluding ortho intramolecular Hbond substituents is 1. The van der Waals surface area contributed by atoms with Gasteiger partial charge in [0.15, 0.2) is 5.54 Å². The lowest BCUT2D eigenvalue weighted by molar-refractivity contribution is 0.475. The number of imidazole rings is 1. The van der Waals surface area contributed by atoms with Gasteiger partial charge < -0.3 is 20.0 Å². The second-order valence-electron chi connectivity index (χ2n) is 10.8. The number of aryl methyl sites for hydroxylation is 3. The van der Waals surface area contributed by atoms with Gasteiger partial charge >= 0.3 is 0 Å². The zero-order chi connectivity index (χ0) is 30.6. The van der Waals surface area contributed by atoms with Gasteiger partial charge in [-0.05, 0) is 78.1 Å². The molecule has 1 unspecified atom stereocenters. The highest BCUT2D eigenvalue weighted by atomic mass is 16.3. The summed E-state index contributed by atoms with van der Waals surface area (Å²) in [5.41, 5.74) is 12.3. The lowest BCUT2D eigenvalue weighted by Crippen LogP contribution is -2.35. The van der Waals surface area contributed by atoms with E-state index in [1.54, 1.807) is 61.2 Å². The van der Waals surface area contributed by atoms with Crippen LogP contribution in [0.4, 0.5) is 0 Å². The van der Waals surface area contributed by atoms with Crippen LogP contribution in [0.3, 0.4) is 0 Å². The number of hydrogen-bond acceptors (Lipinski definition) is 5. The summed E-state index contributed by atoms with van der Waals surface area (Å²) in [5, 5.41) is 10.7. The smallest absolute Gasteiger partial charge is 0.251 e. The van der Waals surface area contributed by atoms with E-state index in [0.29, 0.717) is 12.2 Å². The molecule has 218 valence electrons. The first-order chi connectivity index (χ1) is 20.8. The molecule has 0 radical (unpaired) electrons. The van der Waals surface area contributed by atoms with Crippen LogP contribution < -0.4 is 11.3 Å². The topological polar surface area (TPSA) is 98.4 Å². The average molecular weight is 572 g/mol. The molecular weight excluding hydrogens is 534 g/mol. The molecule has 3 N–H and O–H groups in total. The molecular formula is C36H37N5O2. The molecule has 0 aliphatic rings. The molecule has 7 nitrogen and oxygen atoms in total. The van der Waals surface area contributed by atoms with E-state index in [0.717, 1.165) is 57.3 Å². The summed E-state index contributed by atoms with van der Waals surface area (Å²) in [7, 11) is 1.91. The van der Waals surface area contributed by atoms with Crippen molar-refractivity contribution in [2.75, 3.05) is 0 Å². The predicted molar refractivity (Wildman–Crippen MR) is 175 cm³/mol. The number of rotatable bonds is 10. The van der Waals surface area contributed by atoms with Crippen molar-refractivity contribution in [3.8, 4) is 16.9 Å².